The van der Waals surface area contributed by atoms with Gasteiger partial charge in [0.05, 0.1) is 12.0 Å². The summed E-state index contributed by atoms with van der Waals surface area (Å²) in [4.78, 5) is 12.5. The summed E-state index contributed by atoms with van der Waals surface area (Å²) in [5.74, 6) is 0.323. The van der Waals surface area contributed by atoms with Gasteiger partial charge in [-0.3, -0.25) is 4.79 Å². The monoisotopic (exact) mass is 424 g/mol. The molecule has 0 unspecified atom stereocenters. The van der Waals surface area contributed by atoms with Gasteiger partial charge in [-0.2, -0.15) is 4.31 Å². The van der Waals surface area contributed by atoms with Crippen LogP contribution in [-0.2, 0) is 16.6 Å². The summed E-state index contributed by atoms with van der Waals surface area (Å²) in [5.41, 5.74) is 1.06. The predicted molar refractivity (Wildman–Crippen MR) is 110 cm³/mol. The topological polar surface area (TPSA) is 75.7 Å². The zero-order valence-corrected chi connectivity index (χ0v) is 17.8. The van der Waals surface area contributed by atoms with E-state index in [-0.39, 0.29) is 17.3 Å². The highest BCUT2D eigenvalue weighted by molar-refractivity contribution is 7.89. The van der Waals surface area contributed by atoms with Crippen molar-refractivity contribution >= 4 is 27.5 Å². The Kier molecular flexibility index (Phi) is 7.86. The molecule has 0 heterocycles. The molecule has 1 amide bonds. The van der Waals surface area contributed by atoms with Crippen LogP contribution in [0.1, 0.15) is 35.7 Å². The number of hydrogen-bond donors (Lipinski definition) is 1. The molecule has 8 heteroatoms. The number of carbonyl (C=O) groups excluding carboxylic acids is 1. The van der Waals surface area contributed by atoms with Crippen LogP contribution in [0.5, 0.6) is 5.75 Å². The molecule has 0 atom stereocenters. The smallest absolute Gasteiger partial charge is 0.251 e. The molecule has 6 nitrogen and oxygen atoms in total. The first kappa shape index (κ1) is 22.2. The maximum Gasteiger partial charge on any atom is 0.251 e. The predicted octanol–water partition coefficient (Wildman–Crippen LogP) is 3.70. The van der Waals surface area contributed by atoms with Gasteiger partial charge in [-0.05, 0) is 48.9 Å². The van der Waals surface area contributed by atoms with Gasteiger partial charge in [0.15, 0.2) is 0 Å². The van der Waals surface area contributed by atoms with Crippen molar-refractivity contribution in [3.63, 3.8) is 0 Å². The summed E-state index contributed by atoms with van der Waals surface area (Å²) in [5, 5.41) is 3.32. The van der Waals surface area contributed by atoms with Gasteiger partial charge in [-0.15, -0.1) is 0 Å². The Morgan fingerprint density at radius 1 is 1.18 bits per heavy atom. The molecule has 2 aromatic carbocycles. The molecule has 0 radical (unpaired) electrons. The van der Waals surface area contributed by atoms with Crippen LogP contribution in [0.4, 0.5) is 0 Å². The number of sulfonamides is 1. The van der Waals surface area contributed by atoms with Crippen molar-refractivity contribution in [3.8, 4) is 5.75 Å². The number of methoxy groups -OCH3 is 1. The van der Waals surface area contributed by atoms with E-state index in [4.69, 9.17) is 16.3 Å². The molecule has 1 N–H and O–H groups in total. The minimum absolute atomic E-state index is 0.0597. The van der Waals surface area contributed by atoms with Gasteiger partial charge in [0, 0.05) is 36.3 Å². The van der Waals surface area contributed by atoms with E-state index >= 15 is 0 Å². The van der Waals surface area contributed by atoms with E-state index in [0.29, 0.717) is 28.4 Å². The number of nitrogens with zero attached hydrogens (tertiary/aromatic N) is 1. The van der Waals surface area contributed by atoms with Gasteiger partial charge < -0.3 is 10.1 Å². The van der Waals surface area contributed by atoms with Crippen LogP contribution >= 0.6 is 11.6 Å². The molecule has 0 spiro atoms. The lowest BCUT2D eigenvalue weighted by Gasteiger charge is -2.19. The van der Waals surface area contributed by atoms with Crippen LogP contribution in [0.25, 0.3) is 0 Å². The Hall–Kier alpha value is -2.09. The van der Waals surface area contributed by atoms with E-state index in [1.165, 1.54) is 42.7 Å². The molecule has 0 saturated heterocycles. The van der Waals surface area contributed by atoms with Crippen molar-refractivity contribution in [2.45, 2.75) is 31.2 Å². The number of benzene rings is 2. The highest BCUT2D eigenvalue weighted by Gasteiger charge is 2.22. The van der Waals surface area contributed by atoms with Crippen LogP contribution in [0.15, 0.2) is 47.4 Å². The Labute approximate surface area is 171 Å². The SMILES string of the molecule is CCCCNC(=O)c1ccc(OC)c(CN(C)S(=O)(=O)c2ccc(Cl)cc2)c1. The van der Waals surface area contributed by atoms with E-state index in [9.17, 15) is 13.2 Å². The Bertz CT molecular complexity index is 914. The lowest BCUT2D eigenvalue weighted by atomic mass is 10.1. The van der Waals surface area contributed by atoms with Gasteiger partial charge in [0.2, 0.25) is 10.0 Å². The molecular formula is C20H25ClN2O4S. The number of carbonyl (C=O) groups is 1. The minimum Gasteiger partial charge on any atom is -0.496 e. The third kappa shape index (κ3) is 5.47. The molecule has 0 saturated carbocycles. The van der Waals surface area contributed by atoms with E-state index in [0.717, 1.165) is 12.8 Å². The van der Waals surface area contributed by atoms with Gasteiger partial charge in [-0.25, -0.2) is 8.42 Å². The zero-order chi connectivity index (χ0) is 20.7. The molecule has 2 rings (SSSR count). The summed E-state index contributed by atoms with van der Waals surface area (Å²) >= 11 is 5.84. The molecular weight excluding hydrogens is 400 g/mol. The summed E-state index contributed by atoms with van der Waals surface area (Å²) in [6.45, 7) is 2.71. The lowest BCUT2D eigenvalue weighted by molar-refractivity contribution is 0.0953. The summed E-state index contributed by atoms with van der Waals surface area (Å²) in [6, 6.07) is 11.0. The van der Waals surface area contributed by atoms with E-state index in [1.54, 1.807) is 18.2 Å². The largest absolute Gasteiger partial charge is 0.496 e. The molecule has 0 aliphatic rings. The average Bonchev–Trinajstić information content (AvgIpc) is 2.68. The van der Waals surface area contributed by atoms with Crippen molar-refractivity contribution in [2.75, 3.05) is 20.7 Å². The molecule has 152 valence electrons. The highest BCUT2D eigenvalue weighted by Crippen LogP contribution is 2.25. The van der Waals surface area contributed by atoms with Crippen LogP contribution < -0.4 is 10.1 Å². The van der Waals surface area contributed by atoms with Crippen molar-refractivity contribution in [1.29, 1.82) is 0 Å². The average molecular weight is 425 g/mol. The van der Waals surface area contributed by atoms with Crippen LogP contribution in [0, 0.1) is 0 Å². The lowest BCUT2D eigenvalue weighted by Crippen LogP contribution is -2.27. The molecule has 0 aromatic heterocycles. The quantitative estimate of drug-likeness (QED) is 0.623. The molecule has 0 bridgehead atoms. The number of ether oxygens (including phenoxy) is 1. The fraction of sp³-hybridized carbons (Fsp3) is 0.350. The molecule has 0 aliphatic heterocycles. The Morgan fingerprint density at radius 3 is 2.46 bits per heavy atom. The van der Waals surface area contributed by atoms with Crippen molar-refractivity contribution in [1.82, 2.24) is 9.62 Å². The second-order valence-electron chi connectivity index (χ2n) is 6.35. The molecule has 28 heavy (non-hydrogen) atoms. The van der Waals surface area contributed by atoms with Crippen molar-refractivity contribution < 1.29 is 17.9 Å². The third-order valence-corrected chi connectivity index (χ3v) is 6.34. The van der Waals surface area contributed by atoms with Crippen LogP contribution in [-0.4, -0.2) is 39.3 Å². The summed E-state index contributed by atoms with van der Waals surface area (Å²) < 4.78 is 32.2. The second kappa shape index (κ2) is 9.91. The normalized spacial score (nSPS) is 11.5. The standard InChI is InChI=1S/C20H25ClN2O4S/c1-4-5-12-22-20(24)15-6-11-19(27-3)16(13-15)14-23(2)28(25,26)18-9-7-17(21)8-10-18/h6-11,13H,4-5,12,14H2,1-3H3,(H,22,24). The number of unbranched alkanes of at least 4 members (excludes halogenated alkanes) is 1. The maximum absolute atomic E-state index is 12.8. The number of amides is 1. The van der Waals surface area contributed by atoms with Gasteiger partial charge in [0.1, 0.15) is 5.75 Å². The van der Waals surface area contributed by atoms with Gasteiger partial charge >= 0.3 is 0 Å². The molecule has 0 fully saturated rings. The van der Waals surface area contributed by atoms with Crippen molar-refractivity contribution in [3.05, 3.63) is 58.6 Å². The van der Waals surface area contributed by atoms with Gasteiger partial charge in [0.25, 0.3) is 5.91 Å². The first-order valence-electron chi connectivity index (χ1n) is 8.96. The first-order valence-corrected chi connectivity index (χ1v) is 10.8. The van der Waals surface area contributed by atoms with E-state index in [1.807, 2.05) is 0 Å². The third-order valence-electron chi connectivity index (χ3n) is 4.27. The Balaban J connectivity index is 2.24. The number of nitrogens with one attached hydrogen (secondary N) is 1. The Morgan fingerprint density at radius 2 is 1.86 bits per heavy atom. The second-order valence-corrected chi connectivity index (χ2v) is 8.83. The first-order chi connectivity index (χ1) is 13.3. The molecule has 0 aliphatic carbocycles. The van der Waals surface area contributed by atoms with Crippen LogP contribution in [0.3, 0.4) is 0 Å². The summed E-state index contributed by atoms with van der Waals surface area (Å²) in [6.07, 6.45) is 1.89. The van der Waals surface area contributed by atoms with E-state index in [2.05, 4.69) is 12.2 Å². The molecule has 2 aromatic rings. The fourth-order valence-electron chi connectivity index (χ4n) is 2.64. The maximum atomic E-state index is 12.8. The number of hydrogen-bond acceptors (Lipinski definition) is 4. The highest BCUT2D eigenvalue weighted by atomic mass is 35.5. The minimum atomic E-state index is -3.71. The van der Waals surface area contributed by atoms with Gasteiger partial charge in [-0.1, -0.05) is 24.9 Å². The fourth-order valence-corrected chi connectivity index (χ4v) is 3.91. The zero-order valence-electron chi connectivity index (χ0n) is 16.2. The van der Waals surface area contributed by atoms with Crippen molar-refractivity contribution in [2.24, 2.45) is 0 Å². The van der Waals surface area contributed by atoms with Crippen LogP contribution in [0.2, 0.25) is 5.02 Å². The number of halogens is 1. The van der Waals surface area contributed by atoms with E-state index < -0.39 is 10.0 Å². The summed E-state index contributed by atoms with van der Waals surface area (Å²) in [7, 11) is -0.720. The number of rotatable bonds is 9.